The number of hydrogen-bond donors (Lipinski definition) is 0. The van der Waals surface area contributed by atoms with Gasteiger partial charge < -0.3 is 14.3 Å². The molecule has 0 fully saturated rings. The van der Waals surface area contributed by atoms with E-state index in [2.05, 4.69) is 18.7 Å². The lowest BCUT2D eigenvalue weighted by molar-refractivity contribution is -0.758. The Balaban J connectivity index is 3.71. The van der Waals surface area contributed by atoms with E-state index in [-0.39, 0.29) is 6.61 Å². The lowest BCUT2D eigenvalue weighted by atomic mass is 10.3. The van der Waals surface area contributed by atoms with Crippen LogP contribution in [0.3, 0.4) is 0 Å². The first kappa shape index (κ1) is 16.1. The van der Waals surface area contributed by atoms with Crippen molar-refractivity contribution in [3.8, 4) is 0 Å². The molecule has 0 amide bonds. The van der Waals surface area contributed by atoms with Crippen molar-refractivity contribution >= 4 is 0 Å². The fraction of sp³-hybridized carbons (Fsp3) is 1.00. The van der Waals surface area contributed by atoms with Crippen molar-refractivity contribution in [1.29, 1.82) is 0 Å². The summed E-state index contributed by atoms with van der Waals surface area (Å²) in [6.07, 6.45) is 4.01. The Kier molecular flexibility index (Phi) is 11.0. The summed E-state index contributed by atoms with van der Waals surface area (Å²) < 4.78 is 11.0. The lowest BCUT2D eigenvalue weighted by Crippen LogP contribution is -2.21. The van der Waals surface area contributed by atoms with Gasteiger partial charge in [0.05, 0.1) is 0 Å². The largest absolute Gasteiger partial charge is 0.353 e. The quantitative estimate of drug-likeness (QED) is 0.230. The molecule has 0 unspecified atom stereocenters. The Morgan fingerprint density at radius 2 is 1.59 bits per heavy atom. The molecule has 0 aromatic heterocycles. The monoisotopic (exact) mass is 249 g/mol. The molecule has 0 atom stereocenters. The van der Waals surface area contributed by atoms with Gasteiger partial charge in [-0.05, 0) is 12.8 Å². The molecule has 102 valence electrons. The Labute approximate surface area is 102 Å². The molecule has 0 aromatic carbocycles. The van der Waals surface area contributed by atoms with Crippen LogP contribution in [0.5, 0.6) is 0 Å². The molecule has 0 saturated heterocycles. The summed E-state index contributed by atoms with van der Waals surface area (Å²) in [5, 5.41) is 9.21. The SMILES string of the molecule is CCCCOC(CCO[N+](=O)[O-])OCCCC. The van der Waals surface area contributed by atoms with E-state index in [1.165, 1.54) is 0 Å². The second kappa shape index (κ2) is 11.6. The van der Waals surface area contributed by atoms with Gasteiger partial charge in [0.2, 0.25) is 0 Å². The van der Waals surface area contributed by atoms with Gasteiger partial charge in [-0.3, -0.25) is 0 Å². The minimum absolute atomic E-state index is 0.00984. The zero-order valence-corrected chi connectivity index (χ0v) is 10.7. The van der Waals surface area contributed by atoms with Crippen LogP contribution in [-0.2, 0) is 14.3 Å². The molecule has 0 heterocycles. The molecule has 0 spiro atoms. The molecule has 0 N–H and O–H groups in total. The van der Waals surface area contributed by atoms with Crippen molar-refractivity contribution in [3.05, 3.63) is 10.1 Å². The van der Waals surface area contributed by atoms with Gasteiger partial charge in [-0.15, -0.1) is 10.1 Å². The van der Waals surface area contributed by atoms with Crippen molar-refractivity contribution < 1.29 is 19.4 Å². The standard InChI is InChI=1S/C11H23NO5/c1-3-5-8-15-11(16-9-6-4-2)7-10-17-12(13)14/h11H,3-10H2,1-2H3. The van der Waals surface area contributed by atoms with E-state index in [0.717, 1.165) is 25.7 Å². The van der Waals surface area contributed by atoms with Gasteiger partial charge in [0, 0.05) is 19.6 Å². The van der Waals surface area contributed by atoms with E-state index in [1.807, 2.05) is 0 Å². The highest BCUT2D eigenvalue weighted by atomic mass is 16.9. The molecule has 0 bridgehead atoms. The highest BCUT2D eigenvalue weighted by Crippen LogP contribution is 2.05. The predicted octanol–water partition coefficient (Wildman–Crippen LogP) is 2.54. The van der Waals surface area contributed by atoms with E-state index in [0.29, 0.717) is 19.6 Å². The van der Waals surface area contributed by atoms with Crippen LogP contribution in [0.4, 0.5) is 0 Å². The smallest absolute Gasteiger partial charge is 0.294 e. The van der Waals surface area contributed by atoms with E-state index in [9.17, 15) is 10.1 Å². The van der Waals surface area contributed by atoms with Crippen LogP contribution in [0.25, 0.3) is 0 Å². The summed E-state index contributed by atoms with van der Waals surface area (Å²) >= 11 is 0. The third kappa shape index (κ3) is 11.4. The van der Waals surface area contributed by atoms with Crippen LogP contribution in [-0.4, -0.2) is 31.2 Å². The van der Waals surface area contributed by atoms with Crippen molar-refractivity contribution in [2.75, 3.05) is 19.8 Å². The van der Waals surface area contributed by atoms with Crippen LogP contribution < -0.4 is 0 Å². The fourth-order valence-corrected chi connectivity index (χ4v) is 1.16. The second-order valence-electron chi connectivity index (χ2n) is 3.72. The van der Waals surface area contributed by atoms with Gasteiger partial charge in [-0.1, -0.05) is 26.7 Å². The molecule has 0 aromatic rings. The second-order valence-corrected chi connectivity index (χ2v) is 3.72. The first-order valence-electron chi connectivity index (χ1n) is 6.21. The molecular formula is C11H23NO5. The third-order valence-corrected chi connectivity index (χ3v) is 2.15. The first-order valence-corrected chi connectivity index (χ1v) is 6.21. The maximum absolute atomic E-state index is 10.0. The van der Waals surface area contributed by atoms with Crippen LogP contribution in [0.1, 0.15) is 46.0 Å². The van der Waals surface area contributed by atoms with Crippen LogP contribution in [0.2, 0.25) is 0 Å². The lowest BCUT2D eigenvalue weighted by Gasteiger charge is -2.17. The Bertz CT molecular complexity index is 179. The predicted molar refractivity (Wildman–Crippen MR) is 63.1 cm³/mol. The molecule has 0 aliphatic carbocycles. The molecule has 0 radical (unpaired) electrons. The summed E-state index contributed by atoms with van der Waals surface area (Å²) in [6, 6.07) is 0. The number of rotatable bonds is 12. The third-order valence-electron chi connectivity index (χ3n) is 2.15. The maximum atomic E-state index is 10.0. The van der Waals surface area contributed by atoms with Crippen molar-refractivity contribution in [1.82, 2.24) is 0 Å². The first-order chi connectivity index (χ1) is 8.20. The number of unbranched alkanes of at least 4 members (excludes halogenated alkanes) is 2. The zero-order chi connectivity index (χ0) is 12.9. The summed E-state index contributed by atoms with van der Waals surface area (Å²) in [5.41, 5.74) is 0. The number of ether oxygens (including phenoxy) is 2. The topological polar surface area (TPSA) is 70.8 Å². The fourth-order valence-electron chi connectivity index (χ4n) is 1.16. The van der Waals surface area contributed by atoms with Gasteiger partial charge in [0.1, 0.15) is 6.61 Å². The maximum Gasteiger partial charge on any atom is 0.294 e. The van der Waals surface area contributed by atoms with Crippen molar-refractivity contribution in [3.63, 3.8) is 0 Å². The van der Waals surface area contributed by atoms with Gasteiger partial charge in [-0.25, -0.2) is 0 Å². The molecule has 6 heteroatoms. The summed E-state index contributed by atoms with van der Waals surface area (Å²) in [4.78, 5) is 14.3. The Morgan fingerprint density at radius 1 is 1.06 bits per heavy atom. The molecule has 0 aliphatic rings. The highest BCUT2D eigenvalue weighted by Gasteiger charge is 2.10. The van der Waals surface area contributed by atoms with Gasteiger partial charge in [0.15, 0.2) is 6.29 Å². The normalized spacial score (nSPS) is 10.8. The van der Waals surface area contributed by atoms with Gasteiger partial charge in [0.25, 0.3) is 5.09 Å². The Hall–Kier alpha value is -0.880. The average molecular weight is 249 g/mol. The molecule has 17 heavy (non-hydrogen) atoms. The number of nitrogens with zero attached hydrogens (tertiary/aromatic N) is 1. The molecule has 6 nitrogen and oxygen atoms in total. The molecular weight excluding hydrogens is 226 g/mol. The molecule has 0 saturated carbocycles. The van der Waals surface area contributed by atoms with Gasteiger partial charge in [-0.2, -0.15) is 0 Å². The van der Waals surface area contributed by atoms with Crippen LogP contribution in [0, 0.1) is 10.1 Å². The van der Waals surface area contributed by atoms with Crippen molar-refractivity contribution in [2.45, 2.75) is 52.2 Å². The summed E-state index contributed by atoms with van der Waals surface area (Å²) in [6.45, 7) is 5.39. The van der Waals surface area contributed by atoms with E-state index < -0.39 is 11.4 Å². The van der Waals surface area contributed by atoms with Crippen LogP contribution >= 0.6 is 0 Å². The average Bonchev–Trinajstić information content (AvgIpc) is 2.28. The van der Waals surface area contributed by atoms with Crippen LogP contribution in [0.15, 0.2) is 0 Å². The van der Waals surface area contributed by atoms with E-state index >= 15 is 0 Å². The minimum Gasteiger partial charge on any atom is -0.353 e. The van der Waals surface area contributed by atoms with E-state index in [4.69, 9.17) is 9.47 Å². The highest BCUT2D eigenvalue weighted by molar-refractivity contribution is 4.46. The zero-order valence-electron chi connectivity index (χ0n) is 10.7. The minimum atomic E-state index is -0.796. The van der Waals surface area contributed by atoms with Crippen molar-refractivity contribution in [2.24, 2.45) is 0 Å². The van der Waals surface area contributed by atoms with Gasteiger partial charge >= 0.3 is 0 Å². The summed E-state index contributed by atoms with van der Waals surface area (Å²) in [7, 11) is 0. The Morgan fingerprint density at radius 3 is 2.00 bits per heavy atom. The summed E-state index contributed by atoms with van der Waals surface area (Å²) in [5.74, 6) is 0. The molecule has 0 rings (SSSR count). The molecule has 0 aliphatic heterocycles. The number of hydrogen-bond acceptors (Lipinski definition) is 5. The van der Waals surface area contributed by atoms with E-state index in [1.54, 1.807) is 0 Å².